The Morgan fingerprint density at radius 1 is 1.18 bits per heavy atom. The van der Waals surface area contributed by atoms with Crippen molar-refractivity contribution < 1.29 is 18.3 Å². The topological polar surface area (TPSA) is 81.1 Å². The van der Waals surface area contributed by atoms with Crippen molar-refractivity contribution in [3.63, 3.8) is 0 Å². The quantitative estimate of drug-likeness (QED) is 0.418. The van der Waals surface area contributed by atoms with Gasteiger partial charge in [-0.15, -0.1) is 0 Å². The highest BCUT2D eigenvalue weighted by atomic mass is 35.5. The van der Waals surface area contributed by atoms with Gasteiger partial charge < -0.3 is 15.4 Å². The van der Waals surface area contributed by atoms with E-state index >= 15 is 0 Å². The summed E-state index contributed by atoms with van der Waals surface area (Å²) >= 11 is 12.3. The predicted octanol–water partition coefficient (Wildman–Crippen LogP) is 5.81. The van der Waals surface area contributed by atoms with Gasteiger partial charge in [0, 0.05) is 13.1 Å². The maximum atomic E-state index is 13.5. The van der Waals surface area contributed by atoms with Crippen LogP contribution in [0.4, 0.5) is 20.4 Å². The van der Waals surface area contributed by atoms with Gasteiger partial charge >= 0.3 is 0 Å². The van der Waals surface area contributed by atoms with Gasteiger partial charge in [-0.2, -0.15) is 4.98 Å². The van der Waals surface area contributed by atoms with Crippen molar-refractivity contribution in [2.24, 2.45) is 13.0 Å². The fraction of sp³-hybridized carbons (Fsp3) is 0.435. The Morgan fingerprint density at radius 2 is 1.85 bits per heavy atom. The molecule has 1 saturated carbocycles. The van der Waals surface area contributed by atoms with E-state index in [0.717, 1.165) is 37.8 Å². The van der Waals surface area contributed by atoms with Gasteiger partial charge in [0.1, 0.15) is 30.2 Å². The lowest BCUT2D eigenvalue weighted by atomic mass is 9.87. The average molecular weight is 512 g/mol. The Kier molecular flexibility index (Phi) is 7.42. The number of imidazole rings is 1. The number of fused-ring (bicyclic) bond motifs is 1. The lowest BCUT2D eigenvalue weighted by Gasteiger charge is -2.27. The molecular formula is C23H25Cl2F2N5O2. The number of rotatable bonds is 7. The Labute approximate surface area is 205 Å². The van der Waals surface area contributed by atoms with E-state index < -0.39 is 12.5 Å². The normalized spacial score (nSPS) is 18.2. The summed E-state index contributed by atoms with van der Waals surface area (Å²) < 4.78 is 33.4. The zero-order valence-electron chi connectivity index (χ0n) is 18.8. The molecule has 0 aliphatic heterocycles. The van der Waals surface area contributed by atoms with Crippen LogP contribution >= 0.6 is 23.2 Å². The highest BCUT2D eigenvalue weighted by molar-refractivity contribution is 6.39. The van der Waals surface area contributed by atoms with Crippen LogP contribution in [0.5, 0.6) is 5.88 Å². The SMILES string of the molecule is CC1CCC(NC(=O)c2cc3nc(Nc4c(Cl)cc(F)cc4Cl)n(C)c3nc2OCCF)CC1. The van der Waals surface area contributed by atoms with Crippen LogP contribution in [-0.2, 0) is 7.05 Å². The molecule has 3 aromatic rings. The molecule has 0 saturated heterocycles. The van der Waals surface area contributed by atoms with E-state index in [-0.39, 0.29) is 45.7 Å². The van der Waals surface area contributed by atoms with Gasteiger partial charge in [0.2, 0.25) is 11.8 Å². The minimum atomic E-state index is -0.721. The number of pyridine rings is 1. The van der Waals surface area contributed by atoms with Crippen LogP contribution in [-0.4, -0.2) is 39.8 Å². The van der Waals surface area contributed by atoms with Gasteiger partial charge in [0.25, 0.3) is 5.91 Å². The van der Waals surface area contributed by atoms with Crippen molar-refractivity contribution >= 4 is 51.9 Å². The third-order valence-corrected chi connectivity index (χ3v) is 6.56. The second kappa shape index (κ2) is 10.3. The molecule has 34 heavy (non-hydrogen) atoms. The number of amides is 1. The summed E-state index contributed by atoms with van der Waals surface area (Å²) in [7, 11) is 1.69. The van der Waals surface area contributed by atoms with E-state index in [1.54, 1.807) is 17.7 Å². The van der Waals surface area contributed by atoms with E-state index in [2.05, 4.69) is 27.5 Å². The Bertz CT molecular complexity index is 1190. The summed E-state index contributed by atoms with van der Waals surface area (Å²) in [4.78, 5) is 22.0. The van der Waals surface area contributed by atoms with E-state index in [0.29, 0.717) is 23.0 Å². The van der Waals surface area contributed by atoms with Crippen molar-refractivity contribution in [1.29, 1.82) is 0 Å². The number of hydrogen-bond acceptors (Lipinski definition) is 5. The molecule has 7 nitrogen and oxygen atoms in total. The molecule has 0 atom stereocenters. The summed E-state index contributed by atoms with van der Waals surface area (Å²) in [6, 6.07) is 3.90. The number of benzene rings is 1. The van der Waals surface area contributed by atoms with Gasteiger partial charge in [0.05, 0.1) is 15.7 Å². The first kappa shape index (κ1) is 24.5. The molecule has 0 unspecified atom stereocenters. The number of carbonyl (C=O) groups is 1. The number of alkyl halides is 1. The zero-order chi connectivity index (χ0) is 24.4. The molecule has 2 heterocycles. The molecular weight excluding hydrogens is 487 g/mol. The van der Waals surface area contributed by atoms with Crippen LogP contribution in [0.25, 0.3) is 11.2 Å². The number of hydrogen-bond donors (Lipinski definition) is 2. The minimum Gasteiger partial charge on any atom is -0.474 e. The van der Waals surface area contributed by atoms with Crippen LogP contribution < -0.4 is 15.4 Å². The third-order valence-electron chi connectivity index (χ3n) is 5.97. The van der Waals surface area contributed by atoms with Crippen LogP contribution in [0.1, 0.15) is 43.0 Å². The second-order valence-corrected chi connectivity index (χ2v) is 9.33. The number of ether oxygens (including phenoxy) is 1. The number of anilines is 2. The summed E-state index contributed by atoms with van der Waals surface area (Å²) in [5, 5.41) is 6.20. The second-order valence-electron chi connectivity index (χ2n) is 8.52. The fourth-order valence-electron chi connectivity index (χ4n) is 4.06. The van der Waals surface area contributed by atoms with Crippen LogP contribution in [0.3, 0.4) is 0 Å². The lowest BCUT2D eigenvalue weighted by molar-refractivity contribution is 0.0917. The van der Waals surface area contributed by atoms with Gasteiger partial charge in [-0.25, -0.2) is 13.8 Å². The first-order valence-corrected chi connectivity index (χ1v) is 11.8. The molecule has 1 aromatic carbocycles. The molecule has 11 heteroatoms. The number of carbonyl (C=O) groups excluding carboxylic acids is 1. The first-order chi connectivity index (χ1) is 16.3. The van der Waals surface area contributed by atoms with E-state index in [1.807, 2.05) is 0 Å². The molecule has 0 bridgehead atoms. The van der Waals surface area contributed by atoms with Gasteiger partial charge in [0.15, 0.2) is 5.65 Å². The molecule has 1 amide bonds. The highest BCUT2D eigenvalue weighted by Gasteiger charge is 2.24. The van der Waals surface area contributed by atoms with Crippen molar-refractivity contribution in [3.8, 4) is 5.88 Å². The summed E-state index contributed by atoms with van der Waals surface area (Å²) in [6.45, 7) is 1.25. The highest BCUT2D eigenvalue weighted by Crippen LogP contribution is 2.34. The maximum absolute atomic E-state index is 13.5. The van der Waals surface area contributed by atoms with Crippen molar-refractivity contribution in [1.82, 2.24) is 19.9 Å². The van der Waals surface area contributed by atoms with Gasteiger partial charge in [-0.3, -0.25) is 9.36 Å². The molecule has 182 valence electrons. The summed E-state index contributed by atoms with van der Waals surface area (Å²) in [5.41, 5.74) is 1.27. The van der Waals surface area contributed by atoms with E-state index in [1.165, 1.54) is 0 Å². The summed E-state index contributed by atoms with van der Waals surface area (Å²) in [6.07, 6.45) is 3.91. The maximum Gasteiger partial charge on any atom is 0.257 e. The largest absolute Gasteiger partial charge is 0.474 e. The fourth-order valence-corrected chi connectivity index (χ4v) is 4.61. The molecule has 0 spiro atoms. The molecule has 2 aromatic heterocycles. The monoisotopic (exact) mass is 511 g/mol. The van der Waals surface area contributed by atoms with Crippen molar-refractivity contribution in [3.05, 3.63) is 39.6 Å². The van der Waals surface area contributed by atoms with Gasteiger partial charge in [-0.1, -0.05) is 30.1 Å². The number of nitrogens with zero attached hydrogens (tertiary/aromatic N) is 3. The molecule has 4 rings (SSSR count). The average Bonchev–Trinajstić information content (AvgIpc) is 3.10. The zero-order valence-corrected chi connectivity index (χ0v) is 20.3. The summed E-state index contributed by atoms with van der Waals surface area (Å²) in [5.74, 6) is 0.0853. The van der Waals surface area contributed by atoms with Crippen molar-refractivity contribution in [2.75, 3.05) is 18.6 Å². The number of nitrogens with one attached hydrogen (secondary N) is 2. The predicted molar refractivity (Wildman–Crippen MR) is 129 cm³/mol. The molecule has 1 aliphatic rings. The Balaban J connectivity index is 1.67. The smallest absolute Gasteiger partial charge is 0.257 e. The van der Waals surface area contributed by atoms with E-state index in [9.17, 15) is 13.6 Å². The molecule has 0 radical (unpaired) electrons. The van der Waals surface area contributed by atoms with Crippen LogP contribution in [0, 0.1) is 11.7 Å². The van der Waals surface area contributed by atoms with E-state index in [4.69, 9.17) is 27.9 Å². The minimum absolute atomic E-state index is 0.0271. The number of halogens is 4. The lowest BCUT2D eigenvalue weighted by Crippen LogP contribution is -2.37. The number of aromatic nitrogens is 3. The molecule has 1 fully saturated rings. The molecule has 2 N–H and O–H groups in total. The molecule has 1 aliphatic carbocycles. The van der Waals surface area contributed by atoms with Crippen LogP contribution in [0.15, 0.2) is 18.2 Å². The standard InChI is InChI=1S/C23H25Cl2F2N5O2/c1-12-3-5-14(6-4-12)28-21(33)15-11-18-20(31-22(15)34-8-7-26)32(2)23(29-18)30-19-16(24)9-13(27)10-17(19)25/h9-12,14H,3-8H2,1-2H3,(H,28,33)(H,29,30). The van der Waals surface area contributed by atoms with Crippen molar-refractivity contribution in [2.45, 2.75) is 38.6 Å². The number of aryl methyl sites for hydroxylation is 1. The Morgan fingerprint density at radius 3 is 2.50 bits per heavy atom. The Hall–Kier alpha value is -2.65. The third kappa shape index (κ3) is 5.20. The van der Waals surface area contributed by atoms with Gasteiger partial charge in [-0.05, 0) is 49.8 Å². The van der Waals surface area contributed by atoms with Crippen LogP contribution in [0.2, 0.25) is 10.0 Å². The first-order valence-electron chi connectivity index (χ1n) is 11.1.